The molecule has 1 aliphatic heterocycles. The predicted molar refractivity (Wildman–Crippen MR) is 115 cm³/mol. The predicted octanol–water partition coefficient (Wildman–Crippen LogP) is 2.55. The van der Waals surface area contributed by atoms with Crippen LogP contribution in [0, 0.1) is 26.7 Å². The topological polar surface area (TPSA) is 121 Å². The second kappa shape index (κ2) is 9.19. The number of nitrogens with zero attached hydrogens (tertiary/aromatic N) is 2. The van der Waals surface area contributed by atoms with Crippen LogP contribution in [0.3, 0.4) is 0 Å². The van der Waals surface area contributed by atoms with Gasteiger partial charge in [0.2, 0.25) is 15.9 Å². The molecule has 3 heterocycles. The molecule has 0 saturated carbocycles. The van der Waals surface area contributed by atoms with Crippen molar-refractivity contribution in [3.63, 3.8) is 0 Å². The minimum atomic E-state index is -4.01. The number of pyridine rings is 1. The number of hydrogen-bond acceptors (Lipinski definition) is 6. The lowest BCUT2D eigenvalue weighted by Gasteiger charge is -2.31. The summed E-state index contributed by atoms with van der Waals surface area (Å²) in [7, 11) is -4.01. The smallest absolute Gasteiger partial charge is 0.341 e. The van der Waals surface area contributed by atoms with Crippen LogP contribution in [0.2, 0.25) is 0 Å². The van der Waals surface area contributed by atoms with E-state index in [2.05, 4.69) is 15.3 Å². The van der Waals surface area contributed by atoms with Gasteiger partial charge in [-0.1, -0.05) is 6.07 Å². The second-order valence-corrected chi connectivity index (χ2v) is 9.53. The molecule has 1 amide bonds. The Morgan fingerprint density at radius 2 is 2.03 bits per heavy atom. The molecule has 1 fully saturated rings. The molecule has 0 aromatic carbocycles. The van der Waals surface area contributed by atoms with Gasteiger partial charge in [-0.25, -0.2) is 18.2 Å². The Bertz CT molecular complexity index is 1090. The number of anilines is 1. The van der Waals surface area contributed by atoms with E-state index in [9.17, 15) is 18.0 Å². The molecule has 2 N–H and O–H groups in total. The first kappa shape index (κ1) is 23.0. The third kappa shape index (κ3) is 4.64. The Kier molecular flexibility index (Phi) is 6.80. The fourth-order valence-electron chi connectivity index (χ4n) is 3.87. The summed E-state index contributed by atoms with van der Waals surface area (Å²) in [5.41, 5.74) is 1.66. The first-order valence-corrected chi connectivity index (χ1v) is 11.7. The molecule has 10 heteroatoms. The van der Waals surface area contributed by atoms with Crippen molar-refractivity contribution in [2.75, 3.05) is 25.0 Å². The van der Waals surface area contributed by atoms with Gasteiger partial charge >= 0.3 is 5.97 Å². The van der Waals surface area contributed by atoms with Gasteiger partial charge in [-0.05, 0) is 52.2 Å². The van der Waals surface area contributed by atoms with Crippen LogP contribution >= 0.6 is 0 Å². The van der Waals surface area contributed by atoms with E-state index in [-0.39, 0.29) is 36.1 Å². The highest BCUT2D eigenvalue weighted by Crippen LogP contribution is 2.31. The number of H-pyrrole nitrogens is 1. The first-order chi connectivity index (χ1) is 14.7. The quantitative estimate of drug-likeness (QED) is 0.655. The van der Waals surface area contributed by atoms with E-state index in [1.165, 1.54) is 4.31 Å². The highest BCUT2D eigenvalue weighted by molar-refractivity contribution is 7.89. The van der Waals surface area contributed by atoms with Crippen molar-refractivity contribution in [2.45, 2.75) is 45.4 Å². The molecule has 0 radical (unpaired) electrons. The van der Waals surface area contributed by atoms with E-state index in [4.69, 9.17) is 4.74 Å². The summed E-state index contributed by atoms with van der Waals surface area (Å²) in [6, 6.07) is 3.62. The van der Waals surface area contributed by atoms with Gasteiger partial charge in [0.1, 0.15) is 16.3 Å². The number of esters is 1. The van der Waals surface area contributed by atoms with Gasteiger partial charge in [0, 0.05) is 30.7 Å². The largest absolute Gasteiger partial charge is 0.462 e. The minimum absolute atomic E-state index is 0.0232. The fourth-order valence-corrected chi connectivity index (χ4v) is 5.81. The lowest BCUT2D eigenvalue weighted by molar-refractivity contribution is -0.120. The van der Waals surface area contributed by atoms with Gasteiger partial charge in [0.15, 0.2) is 0 Å². The van der Waals surface area contributed by atoms with Crippen LogP contribution in [0.5, 0.6) is 0 Å². The number of aromatic amines is 1. The summed E-state index contributed by atoms with van der Waals surface area (Å²) in [6.45, 7) is 7.21. The molecule has 2 aromatic heterocycles. The van der Waals surface area contributed by atoms with E-state index in [1.807, 2.05) is 13.0 Å². The number of carbonyl (C=O) groups excluding carboxylic acids is 2. The molecule has 0 aliphatic carbocycles. The third-order valence-electron chi connectivity index (χ3n) is 5.40. The van der Waals surface area contributed by atoms with E-state index >= 15 is 0 Å². The summed E-state index contributed by atoms with van der Waals surface area (Å²) in [5, 5.41) is 2.80. The van der Waals surface area contributed by atoms with Gasteiger partial charge in [-0.2, -0.15) is 4.31 Å². The second-order valence-electron chi connectivity index (χ2n) is 7.66. The average Bonchev–Trinajstić information content (AvgIpc) is 3.04. The van der Waals surface area contributed by atoms with Crippen molar-refractivity contribution < 1.29 is 22.7 Å². The Hall–Kier alpha value is -2.72. The molecule has 1 aliphatic rings. The number of nitrogens with one attached hydrogen (secondary N) is 2. The normalized spacial score (nSPS) is 17.4. The molecule has 3 rings (SSSR count). The molecule has 168 valence electrons. The first-order valence-electron chi connectivity index (χ1n) is 10.3. The maximum atomic E-state index is 13.5. The summed E-state index contributed by atoms with van der Waals surface area (Å²) in [4.78, 5) is 32.3. The highest BCUT2D eigenvalue weighted by Gasteiger charge is 2.38. The molecule has 0 spiro atoms. The molecule has 0 bridgehead atoms. The Morgan fingerprint density at radius 1 is 1.29 bits per heavy atom. The zero-order valence-corrected chi connectivity index (χ0v) is 19.0. The monoisotopic (exact) mass is 448 g/mol. The maximum Gasteiger partial charge on any atom is 0.341 e. The zero-order chi connectivity index (χ0) is 22.8. The van der Waals surface area contributed by atoms with Crippen molar-refractivity contribution in [1.82, 2.24) is 14.3 Å². The molecule has 2 aromatic rings. The lowest BCUT2D eigenvalue weighted by atomic mass is 9.99. The molecule has 31 heavy (non-hydrogen) atoms. The number of ether oxygens (including phenoxy) is 1. The van der Waals surface area contributed by atoms with E-state index < -0.39 is 21.9 Å². The molecule has 1 unspecified atom stereocenters. The zero-order valence-electron chi connectivity index (χ0n) is 18.2. The minimum Gasteiger partial charge on any atom is -0.462 e. The van der Waals surface area contributed by atoms with Crippen LogP contribution in [0.15, 0.2) is 23.2 Å². The third-order valence-corrected chi connectivity index (χ3v) is 7.44. The Labute approximate surface area is 182 Å². The van der Waals surface area contributed by atoms with E-state index in [0.717, 1.165) is 5.56 Å². The molecular weight excluding hydrogens is 420 g/mol. The SMILES string of the molecule is CCOC(=O)c1c(C)[nH]c(C)c1S(=O)(=O)N1CCCC(C(=O)Nc2ncccc2C)C1. The van der Waals surface area contributed by atoms with Gasteiger partial charge in [-0.15, -0.1) is 0 Å². The van der Waals surface area contributed by atoms with Crippen molar-refractivity contribution in [3.05, 3.63) is 40.8 Å². The number of carbonyl (C=O) groups is 2. The van der Waals surface area contributed by atoms with Crippen molar-refractivity contribution in [1.29, 1.82) is 0 Å². The van der Waals surface area contributed by atoms with Gasteiger partial charge in [0.05, 0.1) is 12.5 Å². The van der Waals surface area contributed by atoms with Gasteiger partial charge < -0.3 is 15.0 Å². The number of hydrogen-bond donors (Lipinski definition) is 2. The van der Waals surface area contributed by atoms with Crippen LogP contribution in [0.25, 0.3) is 0 Å². The van der Waals surface area contributed by atoms with Gasteiger partial charge in [0.25, 0.3) is 0 Å². The van der Waals surface area contributed by atoms with E-state index in [1.54, 1.807) is 33.0 Å². The number of sulfonamides is 1. The van der Waals surface area contributed by atoms with E-state index in [0.29, 0.717) is 30.0 Å². The maximum absolute atomic E-state index is 13.5. The number of piperidine rings is 1. The van der Waals surface area contributed by atoms with Crippen LogP contribution in [0.1, 0.15) is 47.1 Å². The molecule has 1 atom stereocenters. The Morgan fingerprint density at radius 3 is 2.71 bits per heavy atom. The molecular formula is C21H28N4O5S. The summed E-state index contributed by atoms with van der Waals surface area (Å²) < 4.78 is 33.3. The molecule has 1 saturated heterocycles. The summed E-state index contributed by atoms with van der Waals surface area (Å²) >= 11 is 0. The van der Waals surface area contributed by atoms with Crippen LogP contribution < -0.4 is 5.32 Å². The summed E-state index contributed by atoms with van der Waals surface area (Å²) in [5.74, 6) is -1.00. The Balaban J connectivity index is 1.85. The van der Waals surface area contributed by atoms with Crippen LogP contribution in [-0.4, -0.2) is 54.3 Å². The van der Waals surface area contributed by atoms with Crippen molar-refractivity contribution >= 4 is 27.7 Å². The number of amides is 1. The lowest BCUT2D eigenvalue weighted by Crippen LogP contribution is -2.44. The molecule has 9 nitrogen and oxygen atoms in total. The average molecular weight is 449 g/mol. The number of aryl methyl sites for hydroxylation is 3. The van der Waals surface area contributed by atoms with Crippen LogP contribution in [-0.2, 0) is 19.6 Å². The van der Waals surface area contributed by atoms with Gasteiger partial charge in [-0.3, -0.25) is 4.79 Å². The van der Waals surface area contributed by atoms with Crippen molar-refractivity contribution in [3.8, 4) is 0 Å². The van der Waals surface area contributed by atoms with Crippen LogP contribution in [0.4, 0.5) is 5.82 Å². The highest BCUT2D eigenvalue weighted by atomic mass is 32.2. The standard InChI is InChI=1S/C21H28N4O5S/c1-5-30-21(27)17-14(3)23-15(4)18(17)31(28,29)25-11-7-9-16(12-25)20(26)24-19-13(2)8-6-10-22-19/h6,8,10,16,23H,5,7,9,11-12H2,1-4H3,(H,22,24,26). The fraction of sp³-hybridized carbons (Fsp3) is 0.476. The number of rotatable bonds is 6. The number of aromatic nitrogens is 2. The summed E-state index contributed by atoms with van der Waals surface area (Å²) in [6.07, 6.45) is 2.70. The van der Waals surface area contributed by atoms with Crippen molar-refractivity contribution in [2.24, 2.45) is 5.92 Å².